The lowest BCUT2D eigenvalue weighted by atomic mass is 9.55. The highest BCUT2D eigenvalue weighted by atomic mass is 127. The van der Waals surface area contributed by atoms with Gasteiger partial charge < -0.3 is 14.9 Å². The summed E-state index contributed by atoms with van der Waals surface area (Å²) in [6, 6.07) is 12.4. The number of aromatic hydroxyl groups is 1. The van der Waals surface area contributed by atoms with Crippen LogP contribution in [0.3, 0.4) is 0 Å². The van der Waals surface area contributed by atoms with Crippen molar-refractivity contribution in [1.82, 2.24) is 0 Å². The average Bonchev–Trinajstić information content (AvgIpc) is 3.13. The highest BCUT2D eigenvalue weighted by Crippen LogP contribution is 2.62. The Morgan fingerprint density at radius 2 is 1.85 bits per heavy atom. The Hall–Kier alpha value is -1.27. The van der Waals surface area contributed by atoms with Gasteiger partial charge in [-0.1, -0.05) is 41.6 Å². The molecule has 3 aliphatic carbocycles. The number of aliphatic hydroxyl groups is 1. The Balaban J connectivity index is 1.40. The van der Waals surface area contributed by atoms with Crippen molar-refractivity contribution in [1.29, 1.82) is 0 Å². The number of hydrogen-bond acceptors (Lipinski definition) is 3. The third-order valence-electron chi connectivity index (χ3n) is 8.97. The number of halogens is 1. The maximum absolute atomic E-state index is 10.7. The predicted molar refractivity (Wildman–Crippen MR) is 142 cm³/mol. The third kappa shape index (κ3) is 4.42. The minimum absolute atomic E-state index is 0.0887. The molecule has 0 bridgehead atoms. The van der Waals surface area contributed by atoms with E-state index in [1.165, 1.54) is 45.9 Å². The molecule has 0 aromatic heterocycles. The summed E-state index contributed by atoms with van der Waals surface area (Å²) in [6.07, 6.45) is 9.99. The molecule has 2 saturated carbocycles. The second-order valence-corrected chi connectivity index (χ2v) is 11.8. The summed E-state index contributed by atoms with van der Waals surface area (Å²) < 4.78 is 7.17. The second-order valence-electron chi connectivity index (χ2n) is 10.7. The fourth-order valence-electron chi connectivity index (χ4n) is 7.22. The van der Waals surface area contributed by atoms with Gasteiger partial charge in [-0.25, -0.2) is 0 Å². The minimum atomic E-state index is -0.141. The van der Waals surface area contributed by atoms with Gasteiger partial charge in [-0.2, -0.15) is 0 Å². The minimum Gasteiger partial charge on any atom is -0.508 e. The fourth-order valence-corrected chi connectivity index (χ4v) is 7.76. The van der Waals surface area contributed by atoms with E-state index in [1.807, 2.05) is 12.1 Å². The number of aliphatic hydroxyl groups excluding tert-OH is 1. The van der Waals surface area contributed by atoms with E-state index in [2.05, 4.69) is 53.8 Å². The summed E-state index contributed by atoms with van der Waals surface area (Å²) in [5.41, 5.74) is 5.23. The van der Waals surface area contributed by atoms with Gasteiger partial charge in [0.1, 0.15) is 11.5 Å². The Labute approximate surface area is 212 Å². The van der Waals surface area contributed by atoms with Crippen LogP contribution in [-0.2, 0) is 6.42 Å². The van der Waals surface area contributed by atoms with Gasteiger partial charge in [0, 0.05) is 0 Å². The quantitative estimate of drug-likeness (QED) is 0.213. The molecule has 4 heteroatoms. The second kappa shape index (κ2) is 9.77. The first-order valence-corrected chi connectivity index (χ1v) is 14.4. The first kappa shape index (κ1) is 23.5. The van der Waals surface area contributed by atoms with Crippen LogP contribution in [0, 0.1) is 17.3 Å². The molecule has 0 saturated heterocycles. The van der Waals surface area contributed by atoms with Crippen molar-refractivity contribution in [2.75, 3.05) is 11.0 Å². The summed E-state index contributed by atoms with van der Waals surface area (Å²) in [7, 11) is 0. The smallest absolute Gasteiger partial charge is 0.119 e. The van der Waals surface area contributed by atoms with Crippen LogP contribution in [0.15, 0.2) is 36.4 Å². The Morgan fingerprint density at radius 1 is 1.03 bits per heavy atom. The molecule has 3 aliphatic rings. The van der Waals surface area contributed by atoms with Crippen molar-refractivity contribution < 1.29 is 14.9 Å². The number of hydrogen-bond donors (Lipinski definition) is 2. The van der Waals surface area contributed by atoms with E-state index in [1.54, 1.807) is 0 Å². The van der Waals surface area contributed by atoms with Crippen molar-refractivity contribution in [3.8, 4) is 22.6 Å². The van der Waals surface area contributed by atoms with Gasteiger partial charge in [0.25, 0.3) is 0 Å². The number of benzene rings is 2. The zero-order valence-corrected chi connectivity index (χ0v) is 21.9. The van der Waals surface area contributed by atoms with Gasteiger partial charge in [0.2, 0.25) is 0 Å². The molecule has 3 nitrogen and oxygen atoms in total. The van der Waals surface area contributed by atoms with Gasteiger partial charge in [-0.05, 0) is 132 Å². The van der Waals surface area contributed by atoms with E-state index in [0.29, 0.717) is 23.5 Å². The van der Waals surface area contributed by atoms with E-state index >= 15 is 0 Å². The predicted octanol–water partition coefficient (Wildman–Crippen LogP) is 7.26. The number of rotatable bonds is 7. The van der Waals surface area contributed by atoms with E-state index < -0.39 is 0 Å². The Kier molecular flexibility index (Phi) is 6.95. The summed E-state index contributed by atoms with van der Waals surface area (Å²) in [5.74, 6) is 3.08. The summed E-state index contributed by atoms with van der Waals surface area (Å²) in [6.45, 7) is 3.10. The Bertz CT molecular complexity index is 972. The molecule has 178 valence electrons. The number of fused-ring (bicyclic) bond motifs is 5. The van der Waals surface area contributed by atoms with Crippen LogP contribution < -0.4 is 4.74 Å². The maximum atomic E-state index is 10.7. The highest BCUT2D eigenvalue weighted by molar-refractivity contribution is 14.1. The molecule has 0 heterocycles. The molecule has 2 fully saturated rings. The van der Waals surface area contributed by atoms with Crippen molar-refractivity contribution in [3.05, 3.63) is 47.5 Å². The van der Waals surface area contributed by atoms with Crippen LogP contribution in [0.4, 0.5) is 0 Å². The van der Waals surface area contributed by atoms with Crippen molar-refractivity contribution in [2.45, 2.75) is 76.7 Å². The molecule has 5 atom stereocenters. The topological polar surface area (TPSA) is 49.7 Å². The number of unbranched alkanes of at least 4 members (excludes halogenated alkanes) is 2. The van der Waals surface area contributed by atoms with Gasteiger partial charge in [0.05, 0.1) is 12.7 Å². The van der Waals surface area contributed by atoms with Gasteiger partial charge in [-0.15, -0.1) is 0 Å². The van der Waals surface area contributed by atoms with Crippen LogP contribution in [0.5, 0.6) is 11.5 Å². The monoisotopic (exact) mass is 560 g/mol. The van der Waals surface area contributed by atoms with E-state index in [-0.39, 0.29) is 11.5 Å². The molecule has 2 N–H and O–H groups in total. The molecule has 5 rings (SSSR count). The van der Waals surface area contributed by atoms with Crippen molar-refractivity contribution in [3.63, 3.8) is 0 Å². The van der Waals surface area contributed by atoms with Crippen LogP contribution in [0.25, 0.3) is 11.1 Å². The standard InChI is InChI=1S/C29H37IO3/c1-29-14-13-24-23(26(29)11-12-27(29)32)10-7-20-17-21(31)18-25(28(20)24)19-5-8-22(9-6-19)33-16-4-2-3-15-30/h5-6,8-9,17-18,23-24,26-27,31-32H,2-4,7,10-16H2,1H3/t23-,24+,26+,27+,29+/m1/s1. The van der Waals surface area contributed by atoms with Crippen LogP contribution in [-0.4, -0.2) is 27.4 Å². The number of alkyl halides is 1. The summed E-state index contributed by atoms with van der Waals surface area (Å²) in [4.78, 5) is 0. The Morgan fingerprint density at radius 3 is 2.64 bits per heavy atom. The molecule has 0 radical (unpaired) electrons. The van der Waals surface area contributed by atoms with Gasteiger partial charge in [-0.3, -0.25) is 0 Å². The molecule has 0 spiro atoms. The number of ether oxygens (including phenoxy) is 1. The van der Waals surface area contributed by atoms with E-state index in [4.69, 9.17) is 4.74 Å². The number of phenols is 1. The highest BCUT2D eigenvalue weighted by Gasteiger charge is 2.54. The lowest BCUT2D eigenvalue weighted by Crippen LogP contribution is -2.44. The van der Waals surface area contributed by atoms with E-state index in [9.17, 15) is 10.2 Å². The lowest BCUT2D eigenvalue weighted by molar-refractivity contribution is -0.0225. The molecule has 2 aromatic rings. The summed E-state index contributed by atoms with van der Waals surface area (Å²) >= 11 is 2.43. The van der Waals surface area contributed by atoms with Crippen LogP contribution in [0.1, 0.15) is 75.3 Å². The number of aryl methyl sites for hydroxylation is 1. The summed E-state index contributed by atoms with van der Waals surface area (Å²) in [5, 5.41) is 21.3. The van der Waals surface area contributed by atoms with Crippen LogP contribution >= 0.6 is 22.6 Å². The van der Waals surface area contributed by atoms with Gasteiger partial charge in [0.15, 0.2) is 0 Å². The lowest BCUT2D eigenvalue weighted by Gasteiger charge is -2.50. The molecule has 33 heavy (non-hydrogen) atoms. The van der Waals surface area contributed by atoms with Crippen molar-refractivity contribution in [2.24, 2.45) is 17.3 Å². The third-order valence-corrected chi connectivity index (χ3v) is 9.73. The van der Waals surface area contributed by atoms with Crippen molar-refractivity contribution >= 4 is 22.6 Å². The first-order valence-electron chi connectivity index (χ1n) is 12.8. The largest absolute Gasteiger partial charge is 0.508 e. The molecule has 0 unspecified atom stereocenters. The molecule has 2 aromatic carbocycles. The SMILES string of the molecule is C[C@]12CC[C@@H]3c4c(cc(O)cc4-c4ccc(OCCCCCI)cc4)CC[C@H]3[C@@H]1CC[C@@H]2O. The molecular formula is C29H37IO3. The normalized spacial score (nSPS) is 30.4. The zero-order chi connectivity index (χ0) is 23.0. The fraction of sp³-hybridized carbons (Fsp3) is 0.586. The maximum Gasteiger partial charge on any atom is 0.119 e. The van der Waals surface area contributed by atoms with Crippen LogP contribution in [0.2, 0.25) is 0 Å². The number of phenolic OH excluding ortho intramolecular Hbond substituents is 1. The molecule has 0 aliphatic heterocycles. The first-order chi connectivity index (χ1) is 16.0. The average molecular weight is 561 g/mol. The van der Waals surface area contributed by atoms with E-state index in [0.717, 1.165) is 50.9 Å². The molecular weight excluding hydrogens is 523 g/mol. The zero-order valence-electron chi connectivity index (χ0n) is 19.7. The molecule has 0 amide bonds. The van der Waals surface area contributed by atoms with Gasteiger partial charge >= 0.3 is 0 Å².